The fourth-order valence-corrected chi connectivity index (χ4v) is 2.97. The van der Waals surface area contributed by atoms with E-state index in [1.54, 1.807) is 18.3 Å². The van der Waals surface area contributed by atoms with E-state index in [2.05, 4.69) is 15.7 Å². The number of nitrogens with one attached hydrogen (secondary N) is 2. The summed E-state index contributed by atoms with van der Waals surface area (Å²) in [7, 11) is 1.40. The van der Waals surface area contributed by atoms with E-state index in [0.29, 0.717) is 22.1 Å². The molecule has 0 spiro atoms. The fraction of sp³-hybridized carbons (Fsp3) is 0.111. The molecule has 8 nitrogen and oxygen atoms in total. The van der Waals surface area contributed by atoms with Crippen molar-refractivity contribution in [2.45, 2.75) is 6.54 Å². The van der Waals surface area contributed by atoms with Gasteiger partial charge < -0.3 is 15.4 Å². The van der Waals surface area contributed by atoms with Crippen LogP contribution in [0.25, 0.3) is 0 Å². The molecule has 1 aromatic heterocycles. The third-order valence-corrected chi connectivity index (χ3v) is 4.47. The zero-order chi connectivity index (χ0) is 21.0. The average molecular weight is 436 g/mol. The molecule has 2 aromatic carbocycles. The van der Waals surface area contributed by atoms with Gasteiger partial charge in [0.05, 0.1) is 30.3 Å². The Morgan fingerprint density at radius 1 is 1.34 bits per heavy atom. The van der Waals surface area contributed by atoms with Crippen LogP contribution in [-0.4, -0.2) is 26.9 Å². The SMILES string of the molecule is COc1cc([N+](=O)[O-])ccc1NC(=S)Nc1ccn(Cc2c(F)cccc2Cl)n1. The summed E-state index contributed by atoms with van der Waals surface area (Å²) < 4.78 is 20.6. The molecule has 0 aliphatic heterocycles. The molecule has 0 bridgehead atoms. The van der Waals surface area contributed by atoms with Crippen LogP contribution < -0.4 is 15.4 Å². The maximum atomic E-state index is 13.9. The highest BCUT2D eigenvalue weighted by molar-refractivity contribution is 7.80. The number of nitro groups is 1. The van der Waals surface area contributed by atoms with Gasteiger partial charge in [0.25, 0.3) is 5.69 Å². The van der Waals surface area contributed by atoms with Gasteiger partial charge in [0.1, 0.15) is 11.6 Å². The van der Waals surface area contributed by atoms with Gasteiger partial charge in [-0.05, 0) is 30.4 Å². The van der Waals surface area contributed by atoms with Crippen LogP contribution in [0.4, 0.5) is 21.6 Å². The molecule has 2 N–H and O–H groups in total. The lowest BCUT2D eigenvalue weighted by Gasteiger charge is -2.12. The molecule has 11 heteroatoms. The van der Waals surface area contributed by atoms with Gasteiger partial charge in [-0.3, -0.25) is 14.8 Å². The zero-order valence-electron chi connectivity index (χ0n) is 15.1. The van der Waals surface area contributed by atoms with Gasteiger partial charge in [-0.25, -0.2) is 4.39 Å². The number of thiocarbonyl (C=S) groups is 1. The van der Waals surface area contributed by atoms with Gasteiger partial charge in [-0.2, -0.15) is 5.10 Å². The normalized spacial score (nSPS) is 10.4. The highest BCUT2D eigenvalue weighted by Gasteiger charge is 2.13. The standard InChI is InChI=1S/C18H15ClFN5O3S/c1-28-16-9-11(25(26)27)5-6-15(16)21-18(29)22-17-7-8-24(23-17)10-12-13(19)3-2-4-14(12)20/h2-9H,10H2,1H3,(H2,21,22,23,29). The van der Waals surface area contributed by atoms with Crippen molar-refractivity contribution in [3.8, 4) is 5.75 Å². The van der Waals surface area contributed by atoms with Crippen LogP contribution in [0, 0.1) is 15.9 Å². The third kappa shape index (κ3) is 4.98. The molecule has 0 unspecified atom stereocenters. The Morgan fingerprint density at radius 2 is 2.14 bits per heavy atom. The van der Waals surface area contributed by atoms with Gasteiger partial charge in [-0.1, -0.05) is 17.7 Å². The number of nitrogens with zero attached hydrogens (tertiary/aromatic N) is 3. The molecule has 0 saturated carbocycles. The fourth-order valence-electron chi connectivity index (χ4n) is 2.53. The maximum absolute atomic E-state index is 13.9. The number of benzene rings is 2. The quantitative estimate of drug-likeness (QED) is 0.335. The highest BCUT2D eigenvalue weighted by atomic mass is 35.5. The predicted octanol–water partition coefficient (Wildman–Crippen LogP) is 4.45. The van der Waals surface area contributed by atoms with Crippen molar-refractivity contribution in [3.05, 3.63) is 75.2 Å². The van der Waals surface area contributed by atoms with E-state index < -0.39 is 10.7 Å². The summed E-state index contributed by atoms with van der Waals surface area (Å²) in [5, 5.41) is 21.4. The number of aromatic nitrogens is 2. The summed E-state index contributed by atoms with van der Waals surface area (Å²) in [5.74, 6) is 0.281. The van der Waals surface area contributed by atoms with E-state index in [-0.39, 0.29) is 23.1 Å². The van der Waals surface area contributed by atoms with Gasteiger partial charge in [-0.15, -0.1) is 0 Å². The van der Waals surface area contributed by atoms with Crippen LogP contribution in [0.15, 0.2) is 48.7 Å². The Kier molecular flexibility index (Phi) is 6.25. The van der Waals surface area contributed by atoms with Crippen molar-refractivity contribution in [1.29, 1.82) is 0 Å². The molecule has 150 valence electrons. The minimum Gasteiger partial charge on any atom is -0.494 e. The number of halogens is 2. The van der Waals surface area contributed by atoms with Crippen molar-refractivity contribution in [3.63, 3.8) is 0 Å². The molecular weight excluding hydrogens is 421 g/mol. The first-order chi connectivity index (χ1) is 13.9. The van der Waals surface area contributed by atoms with Crippen molar-refractivity contribution in [2.75, 3.05) is 17.7 Å². The van der Waals surface area contributed by atoms with Crippen molar-refractivity contribution in [1.82, 2.24) is 9.78 Å². The Balaban J connectivity index is 1.67. The smallest absolute Gasteiger partial charge is 0.273 e. The molecule has 3 rings (SSSR count). The Hall–Kier alpha value is -3.24. The molecule has 3 aromatic rings. The Morgan fingerprint density at radius 3 is 2.83 bits per heavy atom. The summed E-state index contributed by atoms with van der Waals surface area (Å²) >= 11 is 11.3. The molecule has 0 fully saturated rings. The topological polar surface area (TPSA) is 94.3 Å². The van der Waals surface area contributed by atoms with E-state index >= 15 is 0 Å². The summed E-state index contributed by atoms with van der Waals surface area (Å²) in [6.07, 6.45) is 1.65. The Labute approximate surface area is 175 Å². The maximum Gasteiger partial charge on any atom is 0.273 e. The molecule has 0 aliphatic rings. The second kappa shape index (κ2) is 8.84. The van der Waals surface area contributed by atoms with E-state index in [1.165, 1.54) is 42.1 Å². The molecule has 1 heterocycles. The number of non-ortho nitro benzene ring substituents is 1. The van der Waals surface area contributed by atoms with E-state index in [9.17, 15) is 14.5 Å². The minimum atomic E-state index is -0.517. The van der Waals surface area contributed by atoms with E-state index in [4.69, 9.17) is 28.6 Å². The molecule has 0 radical (unpaired) electrons. The van der Waals surface area contributed by atoms with Crippen LogP contribution in [-0.2, 0) is 6.54 Å². The summed E-state index contributed by atoms with van der Waals surface area (Å²) in [4.78, 5) is 10.4. The number of nitro benzene ring substituents is 1. The van der Waals surface area contributed by atoms with Gasteiger partial charge in [0.15, 0.2) is 10.9 Å². The number of ether oxygens (including phenoxy) is 1. The number of hydrogen-bond donors (Lipinski definition) is 2. The second-order valence-corrected chi connectivity index (χ2v) is 6.64. The third-order valence-electron chi connectivity index (χ3n) is 3.91. The summed E-state index contributed by atoms with van der Waals surface area (Å²) in [6, 6.07) is 10.3. The molecule has 0 saturated heterocycles. The molecular formula is C18H15ClFN5O3S. The molecule has 0 amide bonds. The number of rotatable bonds is 6. The summed E-state index contributed by atoms with van der Waals surface area (Å²) in [6.45, 7) is 0.156. The number of methoxy groups -OCH3 is 1. The zero-order valence-corrected chi connectivity index (χ0v) is 16.6. The molecule has 29 heavy (non-hydrogen) atoms. The monoisotopic (exact) mass is 435 g/mol. The minimum absolute atomic E-state index is 0.100. The lowest BCUT2D eigenvalue weighted by atomic mass is 10.2. The van der Waals surface area contributed by atoms with Crippen molar-refractivity contribution < 1.29 is 14.1 Å². The molecule has 0 aliphatic carbocycles. The van der Waals surface area contributed by atoms with Crippen LogP contribution in [0.1, 0.15) is 5.56 Å². The number of hydrogen-bond acceptors (Lipinski definition) is 5. The van der Waals surface area contributed by atoms with E-state index in [1.807, 2.05) is 0 Å². The van der Waals surface area contributed by atoms with E-state index in [0.717, 1.165) is 0 Å². The van der Waals surface area contributed by atoms with Gasteiger partial charge in [0.2, 0.25) is 0 Å². The summed E-state index contributed by atoms with van der Waals surface area (Å²) in [5.41, 5.74) is 0.685. The predicted molar refractivity (Wildman–Crippen MR) is 112 cm³/mol. The van der Waals surface area contributed by atoms with Crippen molar-refractivity contribution in [2.24, 2.45) is 0 Å². The Bertz CT molecular complexity index is 1060. The molecule has 0 atom stereocenters. The highest BCUT2D eigenvalue weighted by Crippen LogP contribution is 2.29. The van der Waals surface area contributed by atoms with Gasteiger partial charge >= 0.3 is 0 Å². The first-order valence-electron chi connectivity index (χ1n) is 8.24. The van der Waals surface area contributed by atoms with Crippen LogP contribution in [0.5, 0.6) is 5.75 Å². The first kappa shape index (κ1) is 20.5. The second-order valence-electron chi connectivity index (χ2n) is 5.82. The average Bonchev–Trinajstić information content (AvgIpc) is 3.11. The lowest BCUT2D eigenvalue weighted by molar-refractivity contribution is -0.384. The van der Waals surface area contributed by atoms with Crippen LogP contribution in [0.3, 0.4) is 0 Å². The largest absolute Gasteiger partial charge is 0.494 e. The lowest BCUT2D eigenvalue weighted by Crippen LogP contribution is -2.20. The van der Waals surface area contributed by atoms with Crippen molar-refractivity contribution >= 4 is 46.1 Å². The van der Waals surface area contributed by atoms with Gasteiger partial charge in [0, 0.05) is 28.9 Å². The van der Waals surface area contributed by atoms with Crippen LogP contribution in [0.2, 0.25) is 5.02 Å². The number of anilines is 2. The van der Waals surface area contributed by atoms with Crippen LogP contribution >= 0.6 is 23.8 Å². The first-order valence-corrected chi connectivity index (χ1v) is 9.03.